The second-order valence-electron chi connectivity index (χ2n) is 7.89. The molecule has 7 heteroatoms. The second-order valence-corrected chi connectivity index (χ2v) is 7.89. The molecule has 0 saturated carbocycles. The van der Waals surface area contributed by atoms with Gasteiger partial charge in [0.2, 0.25) is 5.91 Å². The maximum absolute atomic E-state index is 13.3. The molecule has 2 heterocycles. The van der Waals surface area contributed by atoms with Gasteiger partial charge in [-0.05, 0) is 36.2 Å². The highest BCUT2D eigenvalue weighted by Crippen LogP contribution is 2.35. The molecule has 0 bridgehead atoms. The number of methoxy groups -OCH3 is 1. The third-order valence-electron chi connectivity index (χ3n) is 6.03. The number of carbonyl (C=O) groups excluding carboxylic acids is 2. The van der Waals surface area contributed by atoms with Crippen LogP contribution in [0.5, 0.6) is 5.75 Å². The minimum absolute atomic E-state index is 0.0756. The zero-order valence-electron chi connectivity index (χ0n) is 18.5. The molecule has 1 saturated heterocycles. The lowest BCUT2D eigenvalue weighted by molar-refractivity contribution is -0.133. The van der Waals surface area contributed by atoms with Gasteiger partial charge in [0.1, 0.15) is 5.75 Å². The summed E-state index contributed by atoms with van der Waals surface area (Å²) in [7, 11) is 1.65. The zero-order valence-corrected chi connectivity index (χ0v) is 18.5. The highest BCUT2D eigenvalue weighted by Gasteiger charge is 2.28. The van der Waals surface area contributed by atoms with Gasteiger partial charge < -0.3 is 24.3 Å². The number of rotatable bonds is 6. The van der Waals surface area contributed by atoms with Crippen LogP contribution in [0.15, 0.2) is 54.7 Å². The normalized spacial score (nSPS) is 14.9. The first-order valence-electron chi connectivity index (χ1n) is 11.0. The molecule has 0 aliphatic carbocycles. The van der Waals surface area contributed by atoms with Crippen molar-refractivity contribution >= 4 is 22.9 Å². The Morgan fingerprint density at radius 3 is 2.53 bits per heavy atom. The summed E-state index contributed by atoms with van der Waals surface area (Å²) in [4.78, 5) is 32.1. The van der Waals surface area contributed by atoms with E-state index in [0.717, 1.165) is 27.8 Å². The third-order valence-corrected chi connectivity index (χ3v) is 6.03. The molecule has 4 rings (SSSR count). The quantitative estimate of drug-likeness (QED) is 0.635. The molecule has 1 unspecified atom stereocenters. The lowest BCUT2D eigenvalue weighted by Crippen LogP contribution is -2.50. The van der Waals surface area contributed by atoms with Crippen molar-refractivity contribution in [2.45, 2.75) is 19.3 Å². The number of carbonyl (C=O) groups is 2. The number of H-pyrrole nitrogens is 1. The molecule has 2 aromatic carbocycles. The van der Waals surface area contributed by atoms with Gasteiger partial charge in [0.15, 0.2) is 0 Å². The van der Waals surface area contributed by atoms with Gasteiger partial charge in [-0.25, -0.2) is 4.79 Å². The van der Waals surface area contributed by atoms with E-state index in [9.17, 15) is 9.59 Å². The Balaban J connectivity index is 1.56. The fourth-order valence-electron chi connectivity index (χ4n) is 4.30. The Labute approximate surface area is 187 Å². The zero-order chi connectivity index (χ0) is 22.5. The summed E-state index contributed by atoms with van der Waals surface area (Å²) in [6, 6.07) is 16.0. The molecule has 1 N–H and O–H groups in total. The average molecular weight is 436 g/mol. The van der Waals surface area contributed by atoms with Crippen molar-refractivity contribution in [2.24, 2.45) is 0 Å². The topological polar surface area (TPSA) is 74.9 Å². The summed E-state index contributed by atoms with van der Waals surface area (Å²) in [5, 5.41) is 1.11. The molecule has 2 amide bonds. The van der Waals surface area contributed by atoms with Crippen LogP contribution < -0.4 is 4.74 Å². The Kier molecular flexibility index (Phi) is 6.63. The lowest BCUT2D eigenvalue weighted by Gasteiger charge is -2.34. The van der Waals surface area contributed by atoms with Crippen molar-refractivity contribution in [3.8, 4) is 5.75 Å². The van der Waals surface area contributed by atoms with E-state index in [1.54, 1.807) is 18.9 Å². The van der Waals surface area contributed by atoms with Crippen molar-refractivity contribution in [3.63, 3.8) is 0 Å². The van der Waals surface area contributed by atoms with Gasteiger partial charge in [-0.2, -0.15) is 0 Å². The van der Waals surface area contributed by atoms with E-state index in [1.807, 2.05) is 53.6 Å². The average Bonchev–Trinajstić information content (AvgIpc) is 3.26. The van der Waals surface area contributed by atoms with Gasteiger partial charge in [0.25, 0.3) is 0 Å². The number of benzene rings is 2. The maximum Gasteiger partial charge on any atom is 0.409 e. The summed E-state index contributed by atoms with van der Waals surface area (Å²) < 4.78 is 10.5. The van der Waals surface area contributed by atoms with Gasteiger partial charge in [-0.15, -0.1) is 0 Å². The van der Waals surface area contributed by atoms with Crippen LogP contribution in [0.4, 0.5) is 4.79 Å². The number of hydrogen-bond acceptors (Lipinski definition) is 4. The van der Waals surface area contributed by atoms with E-state index in [2.05, 4.69) is 11.1 Å². The predicted octanol–water partition coefficient (Wildman–Crippen LogP) is 4.00. The summed E-state index contributed by atoms with van der Waals surface area (Å²) in [5.74, 6) is 0.728. The van der Waals surface area contributed by atoms with Crippen LogP contribution in [-0.2, 0) is 9.53 Å². The number of aromatic nitrogens is 1. The number of hydrogen-bond donors (Lipinski definition) is 1. The highest BCUT2D eigenvalue weighted by molar-refractivity contribution is 5.86. The van der Waals surface area contributed by atoms with Crippen molar-refractivity contribution in [1.29, 1.82) is 0 Å². The Morgan fingerprint density at radius 1 is 1.03 bits per heavy atom. The number of aromatic amines is 1. The van der Waals surface area contributed by atoms with E-state index >= 15 is 0 Å². The van der Waals surface area contributed by atoms with Crippen LogP contribution in [0.25, 0.3) is 10.9 Å². The van der Waals surface area contributed by atoms with E-state index < -0.39 is 0 Å². The largest absolute Gasteiger partial charge is 0.497 e. The molecule has 3 aromatic rings. The monoisotopic (exact) mass is 435 g/mol. The number of nitrogens with one attached hydrogen (secondary N) is 1. The third kappa shape index (κ3) is 4.56. The minimum atomic E-state index is -0.312. The standard InChI is InChI=1S/C25H29N3O4/c1-3-32-25(30)28-13-11-27(12-14-28)24(29)16-21(18-7-6-8-19(15-18)31-2)22-17-26-23-10-5-4-9-20(22)23/h4-10,15,17,21,26H,3,11-14,16H2,1-2H3. The molecule has 1 atom stereocenters. The van der Waals surface area contributed by atoms with Crippen LogP contribution in [0, 0.1) is 0 Å². The smallest absolute Gasteiger partial charge is 0.409 e. The molecule has 1 aliphatic rings. The Bertz CT molecular complexity index is 1090. The molecule has 1 aromatic heterocycles. The number of nitrogens with zero attached hydrogens (tertiary/aromatic N) is 2. The highest BCUT2D eigenvalue weighted by atomic mass is 16.6. The van der Waals surface area contributed by atoms with Gasteiger partial charge >= 0.3 is 6.09 Å². The number of fused-ring (bicyclic) bond motifs is 1. The van der Waals surface area contributed by atoms with Gasteiger partial charge in [0, 0.05) is 55.6 Å². The van der Waals surface area contributed by atoms with Crippen LogP contribution in [0.1, 0.15) is 30.4 Å². The molecule has 168 valence electrons. The van der Waals surface area contributed by atoms with Crippen molar-refractivity contribution in [1.82, 2.24) is 14.8 Å². The van der Waals surface area contributed by atoms with E-state index in [-0.39, 0.29) is 17.9 Å². The minimum Gasteiger partial charge on any atom is -0.497 e. The lowest BCUT2D eigenvalue weighted by atomic mass is 9.87. The number of ether oxygens (including phenoxy) is 2. The van der Waals surface area contributed by atoms with E-state index in [0.29, 0.717) is 39.2 Å². The fraction of sp³-hybridized carbons (Fsp3) is 0.360. The Morgan fingerprint density at radius 2 is 1.78 bits per heavy atom. The number of piperazine rings is 1. The van der Waals surface area contributed by atoms with E-state index in [4.69, 9.17) is 9.47 Å². The maximum atomic E-state index is 13.3. The molecule has 1 aliphatic heterocycles. The van der Waals surface area contributed by atoms with Crippen molar-refractivity contribution in [3.05, 3.63) is 65.9 Å². The Hall–Kier alpha value is -3.48. The van der Waals surface area contributed by atoms with Crippen molar-refractivity contribution < 1.29 is 19.1 Å². The summed E-state index contributed by atoms with van der Waals surface area (Å²) >= 11 is 0. The molecule has 0 spiro atoms. The number of amides is 2. The SMILES string of the molecule is CCOC(=O)N1CCN(C(=O)CC(c2cccc(OC)c2)c2c[nH]c3ccccc23)CC1. The van der Waals surface area contributed by atoms with Gasteiger partial charge in [-0.3, -0.25) is 4.79 Å². The van der Waals surface area contributed by atoms with Crippen molar-refractivity contribution in [2.75, 3.05) is 39.9 Å². The fourth-order valence-corrected chi connectivity index (χ4v) is 4.30. The summed E-state index contributed by atoms with van der Waals surface area (Å²) in [6.07, 6.45) is 2.03. The summed E-state index contributed by atoms with van der Waals surface area (Å²) in [6.45, 7) is 4.14. The first-order valence-corrected chi connectivity index (χ1v) is 11.0. The number of para-hydroxylation sites is 1. The molecule has 1 fully saturated rings. The summed E-state index contributed by atoms with van der Waals surface area (Å²) in [5.41, 5.74) is 3.17. The molecule has 32 heavy (non-hydrogen) atoms. The van der Waals surface area contributed by atoms with E-state index in [1.165, 1.54) is 0 Å². The molecule has 7 nitrogen and oxygen atoms in total. The molecular formula is C25H29N3O4. The first kappa shape index (κ1) is 21.7. The predicted molar refractivity (Wildman–Crippen MR) is 123 cm³/mol. The van der Waals surface area contributed by atoms with Crippen LogP contribution >= 0.6 is 0 Å². The van der Waals surface area contributed by atoms with Gasteiger partial charge in [-0.1, -0.05) is 30.3 Å². The molecule has 0 radical (unpaired) electrons. The molecular weight excluding hydrogens is 406 g/mol. The van der Waals surface area contributed by atoms with Crippen LogP contribution in [0.3, 0.4) is 0 Å². The van der Waals surface area contributed by atoms with Crippen LogP contribution in [0.2, 0.25) is 0 Å². The van der Waals surface area contributed by atoms with Gasteiger partial charge in [0.05, 0.1) is 13.7 Å². The van der Waals surface area contributed by atoms with Crippen LogP contribution in [-0.4, -0.2) is 66.7 Å². The second kappa shape index (κ2) is 9.77. The first-order chi connectivity index (χ1) is 15.6.